The number of phosphoric ester groups is 1. The van der Waals surface area contributed by atoms with Crippen molar-refractivity contribution in [2.45, 2.75) is 277 Å². The third kappa shape index (κ3) is 58.8. The summed E-state index contributed by atoms with van der Waals surface area (Å²) in [6.45, 7) is 4.38. The van der Waals surface area contributed by atoms with E-state index in [0.717, 1.165) is 154 Å². The van der Waals surface area contributed by atoms with Crippen LogP contribution < -0.4 is 0 Å². The molecular formula is C68H115O11P. The zero-order valence-electron chi connectivity index (χ0n) is 50.8. The van der Waals surface area contributed by atoms with Crippen LogP contribution in [0.2, 0.25) is 0 Å². The normalized spacial score (nSPS) is 14.0. The molecule has 0 saturated carbocycles. The van der Waals surface area contributed by atoms with Crippen molar-refractivity contribution in [3.05, 3.63) is 109 Å². The van der Waals surface area contributed by atoms with Gasteiger partial charge in [0, 0.05) is 19.3 Å². The highest BCUT2D eigenvalue weighted by atomic mass is 31.2. The first-order chi connectivity index (χ1) is 39.2. The maximum atomic E-state index is 13.0. The third-order valence-corrected chi connectivity index (χ3v) is 14.1. The average Bonchev–Trinajstić information content (AvgIpc) is 3.45. The number of hydrogen-bond acceptors (Lipinski definition) is 10. The molecule has 3 unspecified atom stereocenters. The molecule has 0 aliphatic carbocycles. The number of allylic oxidation sites excluding steroid dienone is 18. The molecule has 0 bridgehead atoms. The summed E-state index contributed by atoms with van der Waals surface area (Å²) in [5, 5.41) is 9.85. The van der Waals surface area contributed by atoms with Gasteiger partial charge in [-0.2, -0.15) is 0 Å². The molecule has 0 rings (SSSR count). The van der Waals surface area contributed by atoms with Crippen molar-refractivity contribution in [3.8, 4) is 0 Å². The highest BCUT2D eigenvalue weighted by Gasteiger charge is 2.28. The molecular weight excluding hydrogens is 1020 g/mol. The van der Waals surface area contributed by atoms with Crippen LogP contribution in [0.3, 0.4) is 0 Å². The van der Waals surface area contributed by atoms with Crippen molar-refractivity contribution in [3.63, 3.8) is 0 Å². The van der Waals surface area contributed by atoms with Crippen LogP contribution in [0, 0.1) is 0 Å². The standard InChI is InChI=1S/C68H115O11P/c1-4-7-10-13-16-19-22-25-28-31-32-35-38-41-44-47-50-53-56-59-68(72)79-65(61-75-66(70)57-54-51-48-45-42-39-36-33-29-26-23-20-17-14-11-8-5-2)63-77-80(73,74)76-62-64(60-69)78-67(71)58-55-52-49-46-43-40-37-34-30-27-24-21-18-15-12-9-6-3/h8-9,11-12,16-21,25-30,32,35,64-65,69H,4-7,10,13-15,22-24,31,33-34,36-63H2,1-3H3,(H,73,74)/b11-8-,12-9-,19-16-,20-17-,21-18-,28-25-,29-26-,30-27-,35-32-. The van der Waals surface area contributed by atoms with Gasteiger partial charge >= 0.3 is 25.7 Å². The van der Waals surface area contributed by atoms with Crippen LogP contribution in [0.1, 0.15) is 265 Å². The molecule has 11 nitrogen and oxygen atoms in total. The molecule has 0 fully saturated rings. The summed E-state index contributed by atoms with van der Waals surface area (Å²) in [6.07, 6.45) is 74.6. The third-order valence-electron chi connectivity index (χ3n) is 13.2. The Kier molecular flexibility index (Phi) is 58.3. The van der Waals surface area contributed by atoms with E-state index in [1.54, 1.807) is 0 Å². The number of aliphatic hydroxyl groups is 1. The van der Waals surface area contributed by atoms with Crippen molar-refractivity contribution in [2.24, 2.45) is 0 Å². The van der Waals surface area contributed by atoms with Gasteiger partial charge in [0.05, 0.1) is 19.8 Å². The maximum absolute atomic E-state index is 13.0. The van der Waals surface area contributed by atoms with Crippen molar-refractivity contribution >= 4 is 25.7 Å². The minimum atomic E-state index is -4.77. The van der Waals surface area contributed by atoms with Gasteiger partial charge in [-0.1, -0.05) is 233 Å². The number of carbonyl (C=O) groups is 3. The summed E-state index contributed by atoms with van der Waals surface area (Å²) < 4.78 is 39.7. The molecule has 12 heteroatoms. The minimum Gasteiger partial charge on any atom is -0.462 e. The van der Waals surface area contributed by atoms with Crippen LogP contribution in [0.5, 0.6) is 0 Å². The lowest BCUT2D eigenvalue weighted by Crippen LogP contribution is -2.30. The van der Waals surface area contributed by atoms with Gasteiger partial charge in [-0.3, -0.25) is 23.4 Å². The minimum absolute atomic E-state index is 0.145. The van der Waals surface area contributed by atoms with Crippen LogP contribution >= 0.6 is 7.82 Å². The van der Waals surface area contributed by atoms with E-state index in [4.69, 9.17) is 23.3 Å². The largest absolute Gasteiger partial charge is 0.472 e. The van der Waals surface area contributed by atoms with Crippen molar-refractivity contribution < 1.29 is 52.2 Å². The summed E-state index contributed by atoms with van der Waals surface area (Å²) in [5.74, 6) is -1.50. The second kappa shape index (κ2) is 61.2. The fraction of sp³-hybridized carbons (Fsp3) is 0.691. The molecule has 0 heterocycles. The van der Waals surface area contributed by atoms with Crippen LogP contribution in [-0.4, -0.2) is 66.5 Å². The van der Waals surface area contributed by atoms with Crippen molar-refractivity contribution in [1.82, 2.24) is 0 Å². The Morgan fingerprint density at radius 3 is 1.00 bits per heavy atom. The quantitative estimate of drug-likeness (QED) is 0.0197. The van der Waals surface area contributed by atoms with Gasteiger partial charge in [0.2, 0.25) is 0 Å². The molecule has 3 atom stereocenters. The summed E-state index contributed by atoms with van der Waals surface area (Å²) in [7, 11) is -4.77. The number of aliphatic hydroxyl groups excluding tert-OH is 1. The Balaban J connectivity index is 4.76. The number of unbranched alkanes of at least 4 members (excludes halogenated alkanes) is 23. The van der Waals surface area contributed by atoms with Gasteiger partial charge < -0.3 is 24.2 Å². The molecule has 0 aromatic heterocycles. The second-order valence-electron chi connectivity index (χ2n) is 20.8. The molecule has 0 aromatic rings. The van der Waals surface area contributed by atoms with Crippen LogP contribution in [0.15, 0.2) is 109 Å². The van der Waals surface area contributed by atoms with Gasteiger partial charge in [0.1, 0.15) is 12.7 Å². The Morgan fingerprint density at radius 1 is 0.362 bits per heavy atom. The van der Waals surface area contributed by atoms with E-state index in [2.05, 4.69) is 130 Å². The number of carbonyl (C=O) groups excluding carboxylic acids is 3. The first kappa shape index (κ1) is 76.1. The maximum Gasteiger partial charge on any atom is 0.472 e. The predicted molar refractivity (Wildman–Crippen MR) is 334 cm³/mol. The van der Waals surface area contributed by atoms with Gasteiger partial charge in [-0.15, -0.1) is 0 Å². The molecule has 0 spiro atoms. The van der Waals surface area contributed by atoms with Crippen LogP contribution in [0.4, 0.5) is 0 Å². The lowest BCUT2D eigenvalue weighted by molar-refractivity contribution is -0.161. The monoisotopic (exact) mass is 1140 g/mol. The number of phosphoric acid groups is 1. The summed E-state index contributed by atoms with van der Waals surface area (Å²) in [6, 6.07) is 0. The summed E-state index contributed by atoms with van der Waals surface area (Å²) in [5.41, 5.74) is 0. The summed E-state index contributed by atoms with van der Waals surface area (Å²) >= 11 is 0. The first-order valence-electron chi connectivity index (χ1n) is 31.8. The zero-order chi connectivity index (χ0) is 58.3. The van der Waals surface area contributed by atoms with E-state index < -0.39 is 57.8 Å². The van der Waals surface area contributed by atoms with E-state index in [1.807, 2.05) is 0 Å². The van der Waals surface area contributed by atoms with Crippen LogP contribution in [0.25, 0.3) is 0 Å². The van der Waals surface area contributed by atoms with E-state index in [1.165, 1.54) is 51.4 Å². The fourth-order valence-corrected chi connectivity index (χ4v) is 9.18. The predicted octanol–water partition coefficient (Wildman–Crippen LogP) is 19.4. The molecule has 0 aromatic carbocycles. The van der Waals surface area contributed by atoms with Crippen molar-refractivity contribution in [1.29, 1.82) is 0 Å². The molecule has 2 N–H and O–H groups in total. The topological polar surface area (TPSA) is 155 Å². The van der Waals surface area contributed by atoms with E-state index in [9.17, 15) is 28.9 Å². The summed E-state index contributed by atoms with van der Waals surface area (Å²) in [4.78, 5) is 48.8. The number of esters is 3. The SMILES string of the molecule is CC/C=C\C/C=C\C/C=C\CCCCCCCCCC(=O)OCC(COP(=O)(O)OCC(CO)OC(=O)CCCCCCCCC/C=C\C/C=C\C/C=C\CC)OC(=O)CCCCCCCC/C=C\C/C=C\C/C=C\CCCCC. The Morgan fingerprint density at radius 2 is 0.650 bits per heavy atom. The second-order valence-corrected chi connectivity index (χ2v) is 22.3. The fourth-order valence-electron chi connectivity index (χ4n) is 8.39. The molecule has 458 valence electrons. The lowest BCUT2D eigenvalue weighted by Gasteiger charge is -2.21. The highest BCUT2D eigenvalue weighted by Crippen LogP contribution is 2.43. The van der Waals surface area contributed by atoms with E-state index in [0.29, 0.717) is 19.3 Å². The van der Waals surface area contributed by atoms with Crippen molar-refractivity contribution in [2.75, 3.05) is 26.4 Å². The van der Waals surface area contributed by atoms with Gasteiger partial charge in [0.25, 0.3) is 0 Å². The van der Waals surface area contributed by atoms with E-state index >= 15 is 0 Å². The van der Waals surface area contributed by atoms with Crippen LogP contribution in [-0.2, 0) is 42.2 Å². The molecule has 0 radical (unpaired) electrons. The molecule has 80 heavy (non-hydrogen) atoms. The Labute approximate surface area is 488 Å². The molecule has 0 saturated heterocycles. The number of ether oxygens (including phenoxy) is 3. The zero-order valence-corrected chi connectivity index (χ0v) is 51.7. The molecule has 0 aliphatic heterocycles. The van der Waals surface area contributed by atoms with E-state index in [-0.39, 0.29) is 25.9 Å². The van der Waals surface area contributed by atoms with Gasteiger partial charge in [-0.05, 0) is 122 Å². The average molecular weight is 1140 g/mol. The first-order valence-corrected chi connectivity index (χ1v) is 33.3. The number of hydrogen-bond donors (Lipinski definition) is 2. The highest BCUT2D eigenvalue weighted by molar-refractivity contribution is 7.47. The molecule has 0 aliphatic rings. The number of rotatable bonds is 58. The smallest absolute Gasteiger partial charge is 0.462 e. The Hall–Kier alpha value is -3.86. The lowest BCUT2D eigenvalue weighted by atomic mass is 10.1. The Bertz CT molecular complexity index is 1760. The van der Waals surface area contributed by atoms with Gasteiger partial charge in [0.15, 0.2) is 6.10 Å². The van der Waals surface area contributed by atoms with Gasteiger partial charge in [-0.25, -0.2) is 4.57 Å². The molecule has 0 amide bonds.